The number of nitrogens with one attached hydrogen (secondary N) is 2. The van der Waals surface area contributed by atoms with Crippen LogP contribution in [0.5, 0.6) is 0 Å². The average molecular weight is 404 g/mol. The topological polar surface area (TPSA) is 70.5 Å². The van der Waals surface area contributed by atoms with Gasteiger partial charge in [0.2, 0.25) is 5.91 Å². The molecule has 0 unspecified atom stereocenters. The Morgan fingerprint density at radius 3 is 2.85 bits per heavy atom. The van der Waals surface area contributed by atoms with Crippen molar-refractivity contribution in [3.63, 3.8) is 0 Å². The molecule has 1 fully saturated rings. The van der Waals surface area contributed by atoms with Crippen molar-refractivity contribution >= 4 is 38.8 Å². The number of nitrogens with zero attached hydrogens (tertiary/aromatic N) is 2. The van der Waals surface area contributed by atoms with Gasteiger partial charge in [-0.3, -0.25) is 9.59 Å². The van der Waals surface area contributed by atoms with Crippen molar-refractivity contribution in [2.75, 3.05) is 26.2 Å². The molecule has 0 radical (unpaired) electrons. The van der Waals surface area contributed by atoms with Crippen LogP contribution in [0.2, 0.25) is 0 Å². The van der Waals surface area contributed by atoms with E-state index in [0.717, 1.165) is 53.7 Å². The molecule has 0 aromatic carbocycles. The second kappa shape index (κ2) is 7.92. The number of piperazine rings is 1. The first-order valence-electron chi connectivity index (χ1n) is 9.31. The molecule has 3 aromatic rings. The Balaban J connectivity index is 1.48. The molecule has 0 aliphatic carbocycles. The maximum Gasteiger partial charge on any atom is 0.260 e. The maximum absolute atomic E-state index is 12.7. The van der Waals surface area contributed by atoms with Crippen molar-refractivity contribution in [2.24, 2.45) is 0 Å². The molecule has 8 heteroatoms. The van der Waals surface area contributed by atoms with E-state index in [9.17, 15) is 9.59 Å². The Morgan fingerprint density at radius 1 is 1.33 bits per heavy atom. The zero-order chi connectivity index (χ0) is 18.8. The van der Waals surface area contributed by atoms with Gasteiger partial charge >= 0.3 is 0 Å². The maximum atomic E-state index is 12.7. The van der Waals surface area contributed by atoms with Crippen molar-refractivity contribution in [1.29, 1.82) is 0 Å². The molecule has 3 aromatic heterocycles. The van der Waals surface area contributed by atoms with Crippen LogP contribution in [0.3, 0.4) is 0 Å². The molecule has 142 valence electrons. The Labute approximate surface area is 165 Å². The monoisotopic (exact) mass is 403 g/mol. The fourth-order valence-electron chi connectivity index (χ4n) is 3.55. The first-order chi connectivity index (χ1) is 13.2. The van der Waals surface area contributed by atoms with Crippen LogP contribution in [-0.2, 0) is 11.3 Å². The van der Waals surface area contributed by atoms with Gasteiger partial charge in [-0.05, 0) is 17.9 Å². The summed E-state index contributed by atoms with van der Waals surface area (Å²) in [5.74, 6) is 0.986. The van der Waals surface area contributed by atoms with Crippen molar-refractivity contribution in [3.8, 4) is 10.4 Å². The number of amides is 1. The predicted molar refractivity (Wildman–Crippen MR) is 109 cm³/mol. The summed E-state index contributed by atoms with van der Waals surface area (Å²) in [5.41, 5.74) is 0.913. The molecule has 0 saturated carbocycles. The number of H-pyrrole nitrogens is 1. The van der Waals surface area contributed by atoms with E-state index in [1.54, 1.807) is 11.3 Å². The molecule has 6 nitrogen and oxygen atoms in total. The molecular formula is C19H23N4O2S2+. The molecule has 0 atom stereocenters. The molecule has 1 aliphatic rings. The van der Waals surface area contributed by atoms with Gasteiger partial charge in [0.1, 0.15) is 11.4 Å². The van der Waals surface area contributed by atoms with E-state index < -0.39 is 0 Å². The highest BCUT2D eigenvalue weighted by atomic mass is 32.1. The van der Waals surface area contributed by atoms with Gasteiger partial charge in [0.25, 0.3) is 5.56 Å². The first kappa shape index (κ1) is 18.3. The third-order valence-corrected chi connectivity index (χ3v) is 6.76. The van der Waals surface area contributed by atoms with Crippen LogP contribution < -0.4 is 10.5 Å². The van der Waals surface area contributed by atoms with Crippen molar-refractivity contribution in [2.45, 2.75) is 26.3 Å². The molecule has 27 heavy (non-hydrogen) atoms. The molecule has 4 rings (SSSR count). The summed E-state index contributed by atoms with van der Waals surface area (Å²) in [6.07, 6.45) is 1.52. The number of carbonyl (C=O) groups excluding carboxylic acids is 1. The summed E-state index contributed by atoms with van der Waals surface area (Å²) in [5, 5.41) is 4.73. The lowest BCUT2D eigenvalue weighted by molar-refractivity contribution is -0.918. The van der Waals surface area contributed by atoms with Crippen molar-refractivity contribution in [3.05, 3.63) is 39.1 Å². The summed E-state index contributed by atoms with van der Waals surface area (Å²) < 4.78 is 0. The number of quaternary nitrogens is 1. The second-order valence-corrected chi connectivity index (χ2v) is 8.68. The molecule has 1 amide bonds. The summed E-state index contributed by atoms with van der Waals surface area (Å²) in [6, 6.07) is 4.02. The average Bonchev–Trinajstić information content (AvgIpc) is 3.32. The van der Waals surface area contributed by atoms with Crippen molar-refractivity contribution < 1.29 is 9.69 Å². The molecule has 1 saturated heterocycles. The third-order valence-electron chi connectivity index (χ3n) is 4.98. The molecule has 4 heterocycles. The fraction of sp³-hybridized carbons (Fsp3) is 0.421. The number of hydrogen-bond acceptors (Lipinski definition) is 5. The number of hydrogen-bond donors (Lipinski definition) is 2. The highest BCUT2D eigenvalue weighted by molar-refractivity contribution is 7.18. The minimum absolute atomic E-state index is 0.0594. The van der Waals surface area contributed by atoms with Gasteiger partial charge in [-0.2, -0.15) is 0 Å². The lowest BCUT2D eigenvalue weighted by atomic mass is 10.2. The van der Waals surface area contributed by atoms with Gasteiger partial charge in [0.05, 0.1) is 31.6 Å². The fourth-order valence-corrected chi connectivity index (χ4v) is 5.33. The van der Waals surface area contributed by atoms with Gasteiger partial charge in [0.15, 0.2) is 5.82 Å². The Hall–Kier alpha value is -2.03. The van der Waals surface area contributed by atoms with E-state index in [0.29, 0.717) is 18.4 Å². The summed E-state index contributed by atoms with van der Waals surface area (Å²) in [7, 11) is 0. The molecule has 2 N–H and O–H groups in total. The van der Waals surface area contributed by atoms with E-state index in [1.807, 2.05) is 34.7 Å². The predicted octanol–water partition coefficient (Wildman–Crippen LogP) is 1.74. The molecule has 0 bridgehead atoms. The second-order valence-electron chi connectivity index (χ2n) is 6.88. The third kappa shape index (κ3) is 3.83. The van der Waals surface area contributed by atoms with Gasteiger partial charge < -0.3 is 14.8 Å². The standard InChI is InChI=1S/C19H22N4O2S2/c1-2-4-16(24)23-8-6-22(7-9-23)11-15-20-18(25)17-13(12-27-19(17)21-15)14-5-3-10-26-14/h3,5,10,12H,2,4,6-9,11H2,1H3,(H,20,21,25)/p+1. The van der Waals surface area contributed by atoms with Crippen LogP contribution in [0, 0.1) is 0 Å². The van der Waals surface area contributed by atoms with Gasteiger partial charge in [0, 0.05) is 22.2 Å². The van der Waals surface area contributed by atoms with Crippen LogP contribution in [-0.4, -0.2) is 47.0 Å². The van der Waals surface area contributed by atoms with Crippen molar-refractivity contribution in [1.82, 2.24) is 14.9 Å². The minimum atomic E-state index is -0.0594. The lowest BCUT2D eigenvalue weighted by Crippen LogP contribution is -3.13. The number of aromatic nitrogens is 2. The molecular weight excluding hydrogens is 380 g/mol. The zero-order valence-electron chi connectivity index (χ0n) is 15.3. The number of thiophene rings is 2. The number of rotatable bonds is 5. The SMILES string of the molecule is CCCC(=O)N1CC[NH+](Cc2nc3scc(-c4cccs4)c3c(=O)[nH]2)CC1. The first-order valence-corrected chi connectivity index (χ1v) is 11.1. The molecule has 1 aliphatic heterocycles. The van der Waals surface area contributed by atoms with Gasteiger partial charge in [-0.1, -0.05) is 13.0 Å². The normalized spacial score (nSPS) is 15.5. The highest BCUT2D eigenvalue weighted by Gasteiger charge is 2.24. The Morgan fingerprint density at radius 2 is 2.15 bits per heavy atom. The molecule has 0 spiro atoms. The Bertz CT molecular complexity index is 985. The van der Waals surface area contributed by atoms with Crippen LogP contribution in [0.25, 0.3) is 20.7 Å². The van der Waals surface area contributed by atoms with Crippen LogP contribution in [0.15, 0.2) is 27.7 Å². The largest absolute Gasteiger partial charge is 0.331 e. The number of aromatic amines is 1. The number of carbonyl (C=O) groups is 1. The Kier molecular flexibility index (Phi) is 5.38. The van der Waals surface area contributed by atoms with Crippen LogP contribution in [0.1, 0.15) is 25.6 Å². The van der Waals surface area contributed by atoms with Gasteiger partial charge in [-0.15, -0.1) is 22.7 Å². The van der Waals surface area contributed by atoms with E-state index in [4.69, 9.17) is 4.98 Å². The smallest absolute Gasteiger partial charge is 0.260 e. The summed E-state index contributed by atoms with van der Waals surface area (Å²) in [4.78, 5) is 37.6. The summed E-state index contributed by atoms with van der Waals surface area (Å²) in [6.45, 7) is 6.06. The van der Waals surface area contributed by atoms with Crippen LogP contribution in [0.4, 0.5) is 0 Å². The quantitative estimate of drug-likeness (QED) is 0.682. The van der Waals surface area contributed by atoms with E-state index in [-0.39, 0.29) is 11.5 Å². The highest BCUT2D eigenvalue weighted by Crippen LogP contribution is 2.33. The zero-order valence-corrected chi connectivity index (χ0v) is 16.9. The minimum Gasteiger partial charge on any atom is -0.331 e. The lowest BCUT2D eigenvalue weighted by Gasteiger charge is -2.32. The number of fused-ring (bicyclic) bond motifs is 1. The van der Waals surface area contributed by atoms with E-state index in [1.165, 1.54) is 16.2 Å². The van der Waals surface area contributed by atoms with E-state index in [2.05, 4.69) is 4.98 Å². The summed E-state index contributed by atoms with van der Waals surface area (Å²) >= 11 is 3.16. The van der Waals surface area contributed by atoms with Gasteiger partial charge in [-0.25, -0.2) is 4.98 Å². The van der Waals surface area contributed by atoms with Crippen LogP contribution >= 0.6 is 22.7 Å². The van der Waals surface area contributed by atoms with E-state index >= 15 is 0 Å².